The number of rotatable bonds is 1. The maximum atomic E-state index is 3.34. The number of nitrogens with one attached hydrogen (secondary N) is 1. The number of thiophene rings is 1. The van der Waals surface area contributed by atoms with Gasteiger partial charge in [0.25, 0.3) is 0 Å². The van der Waals surface area contributed by atoms with Crippen LogP contribution in [0.4, 0.5) is 0 Å². The van der Waals surface area contributed by atoms with Gasteiger partial charge < -0.3 is 5.32 Å². The standard InChI is InChI=1S/C13H13NS/c1-2-12(10-3-6-14-7-4-10)9-13-11(1)5-8-15-13/h1-3,5,8-9,14H,4,6-7H2. The molecule has 1 aromatic carbocycles. The van der Waals surface area contributed by atoms with E-state index in [9.17, 15) is 0 Å². The Bertz CT molecular complexity index is 510. The van der Waals surface area contributed by atoms with Gasteiger partial charge in [0.05, 0.1) is 0 Å². The van der Waals surface area contributed by atoms with Crippen LogP contribution in [0.1, 0.15) is 12.0 Å². The monoisotopic (exact) mass is 215 g/mol. The molecule has 2 aromatic rings. The van der Waals surface area contributed by atoms with Crippen molar-refractivity contribution in [3.8, 4) is 0 Å². The zero-order valence-electron chi connectivity index (χ0n) is 8.49. The molecular formula is C13H13NS. The van der Waals surface area contributed by atoms with E-state index in [1.54, 1.807) is 0 Å². The Labute approximate surface area is 93.4 Å². The first-order valence-electron chi connectivity index (χ1n) is 5.31. The largest absolute Gasteiger partial charge is 0.313 e. The van der Waals surface area contributed by atoms with E-state index in [0.29, 0.717) is 0 Å². The molecule has 2 heterocycles. The first kappa shape index (κ1) is 9.13. The van der Waals surface area contributed by atoms with Crippen LogP contribution in [0.2, 0.25) is 0 Å². The minimum Gasteiger partial charge on any atom is -0.313 e. The summed E-state index contributed by atoms with van der Waals surface area (Å²) < 4.78 is 1.40. The minimum atomic E-state index is 1.01. The lowest BCUT2D eigenvalue weighted by atomic mass is 10.00. The summed E-state index contributed by atoms with van der Waals surface area (Å²) in [7, 11) is 0. The van der Waals surface area contributed by atoms with E-state index in [2.05, 4.69) is 41.0 Å². The van der Waals surface area contributed by atoms with Gasteiger partial charge >= 0.3 is 0 Å². The Kier molecular flexibility index (Phi) is 2.31. The van der Waals surface area contributed by atoms with Crippen molar-refractivity contribution in [1.82, 2.24) is 5.32 Å². The lowest BCUT2D eigenvalue weighted by Crippen LogP contribution is -2.19. The van der Waals surface area contributed by atoms with Crippen LogP contribution in [-0.2, 0) is 0 Å². The van der Waals surface area contributed by atoms with E-state index in [1.807, 2.05) is 11.3 Å². The molecule has 0 saturated heterocycles. The molecule has 0 unspecified atom stereocenters. The van der Waals surface area contributed by atoms with Crippen molar-refractivity contribution < 1.29 is 0 Å². The lowest BCUT2D eigenvalue weighted by molar-refractivity contribution is 0.739. The highest BCUT2D eigenvalue weighted by Crippen LogP contribution is 2.27. The summed E-state index contributed by atoms with van der Waals surface area (Å²) in [6.45, 7) is 2.12. The van der Waals surface area contributed by atoms with Crippen LogP contribution < -0.4 is 5.32 Å². The van der Waals surface area contributed by atoms with Crippen LogP contribution >= 0.6 is 11.3 Å². The molecule has 1 nitrogen and oxygen atoms in total. The molecule has 1 N–H and O–H groups in total. The molecule has 2 heteroatoms. The second kappa shape index (κ2) is 3.80. The molecular weight excluding hydrogens is 202 g/mol. The van der Waals surface area contributed by atoms with Gasteiger partial charge in [-0.1, -0.05) is 18.2 Å². The van der Waals surface area contributed by atoms with E-state index in [4.69, 9.17) is 0 Å². The zero-order chi connectivity index (χ0) is 10.1. The van der Waals surface area contributed by atoms with Gasteiger partial charge in [0, 0.05) is 11.2 Å². The number of benzene rings is 1. The Morgan fingerprint density at radius 3 is 3.07 bits per heavy atom. The fourth-order valence-corrected chi connectivity index (χ4v) is 2.87. The quantitative estimate of drug-likeness (QED) is 0.769. The number of hydrogen-bond acceptors (Lipinski definition) is 2. The summed E-state index contributed by atoms with van der Waals surface area (Å²) >= 11 is 1.82. The maximum Gasteiger partial charge on any atom is 0.0348 e. The first-order chi connectivity index (χ1) is 7.43. The Balaban J connectivity index is 2.06. The highest BCUT2D eigenvalue weighted by Gasteiger charge is 2.06. The van der Waals surface area contributed by atoms with Crippen molar-refractivity contribution in [2.75, 3.05) is 13.1 Å². The summed E-state index contributed by atoms with van der Waals surface area (Å²) in [6.07, 6.45) is 3.45. The van der Waals surface area contributed by atoms with Crippen molar-refractivity contribution >= 4 is 27.0 Å². The lowest BCUT2D eigenvalue weighted by Gasteiger charge is -2.14. The molecule has 1 aliphatic heterocycles. The van der Waals surface area contributed by atoms with Gasteiger partial charge in [-0.25, -0.2) is 0 Å². The van der Waals surface area contributed by atoms with Crippen LogP contribution in [0.25, 0.3) is 15.7 Å². The summed E-state index contributed by atoms with van der Waals surface area (Å²) in [6, 6.07) is 8.97. The van der Waals surface area contributed by atoms with Gasteiger partial charge in [0.2, 0.25) is 0 Å². The van der Waals surface area contributed by atoms with Crippen LogP contribution in [0.3, 0.4) is 0 Å². The zero-order valence-corrected chi connectivity index (χ0v) is 9.31. The predicted octanol–water partition coefficient (Wildman–Crippen LogP) is 3.28. The molecule has 76 valence electrons. The molecule has 3 rings (SSSR count). The van der Waals surface area contributed by atoms with Gasteiger partial charge in [-0.15, -0.1) is 11.3 Å². The predicted molar refractivity (Wildman–Crippen MR) is 67.3 cm³/mol. The third-order valence-electron chi connectivity index (χ3n) is 2.89. The fraction of sp³-hybridized carbons (Fsp3) is 0.231. The van der Waals surface area contributed by atoms with Crippen LogP contribution in [0.5, 0.6) is 0 Å². The third-order valence-corrected chi connectivity index (χ3v) is 3.77. The molecule has 1 aliphatic rings. The first-order valence-corrected chi connectivity index (χ1v) is 6.19. The van der Waals surface area contributed by atoms with Crippen molar-refractivity contribution in [1.29, 1.82) is 0 Å². The summed E-state index contributed by atoms with van der Waals surface area (Å²) in [5.74, 6) is 0. The number of fused-ring (bicyclic) bond motifs is 1. The highest BCUT2D eigenvalue weighted by molar-refractivity contribution is 7.17. The molecule has 0 spiro atoms. The number of hydrogen-bond donors (Lipinski definition) is 1. The van der Waals surface area contributed by atoms with Gasteiger partial charge in [0.1, 0.15) is 0 Å². The molecule has 0 fully saturated rings. The van der Waals surface area contributed by atoms with Crippen molar-refractivity contribution in [3.63, 3.8) is 0 Å². The van der Waals surface area contributed by atoms with Crippen molar-refractivity contribution in [3.05, 3.63) is 41.3 Å². The molecule has 0 amide bonds. The topological polar surface area (TPSA) is 12.0 Å². The van der Waals surface area contributed by atoms with Gasteiger partial charge in [-0.2, -0.15) is 0 Å². The third kappa shape index (κ3) is 1.71. The van der Waals surface area contributed by atoms with E-state index in [-0.39, 0.29) is 0 Å². The summed E-state index contributed by atoms with van der Waals surface area (Å²) in [5, 5.41) is 6.86. The van der Waals surface area contributed by atoms with E-state index in [1.165, 1.54) is 21.2 Å². The van der Waals surface area contributed by atoms with Gasteiger partial charge in [-0.3, -0.25) is 0 Å². The summed E-state index contributed by atoms with van der Waals surface area (Å²) in [5.41, 5.74) is 2.88. The second-order valence-corrected chi connectivity index (χ2v) is 4.80. The normalized spacial score (nSPS) is 16.7. The highest BCUT2D eigenvalue weighted by atomic mass is 32.1. The van der Waals surface area contributed by atoms with Crippen molar-refractivity contribution in [2.24, 2.45) is 0 Å². The Hall–Kier alpha value is -1.12. The average molecular weight is 215 g/mol. The van der Waals surface area contributed by atoms with Crippen LogP contribution in [0, 0.1) is 0 Å². The van der Waals surface area contributed by atoms with Crippen molar-refractivity contribution in [2.45, 2.75) is 6.42 Å². The maximum absolute atomic E-state index is 3.34. The SMILES string of the molecule is C1=C(c2ccc3ccsc3c2)CCNC1. The van der Waals surface area contributed by atoms with Crippen LogP contribution in [0.15, 0.2) is 35.7 Å². The molecule has 0 radical (unpaired) electrons. The van der Waals surface area contributed by atoms with E-state index in [0.717, 1.165) is 19.5 Å². The molecule has 0 saturated carbocycles. The molecule has 0 atom stereocenters. The molecule has 15 heavy (non-hydrogen) atoms. The Morgan fingerprint density at radius 1 is 1.20 bits per heavy atom. The van der Waals surface area contributed by atoms with E-state index < -0.39 is 0 Å². The summed E-state index contributed by atoms with van der Waals surface area (Å²) in [4.78, 5) is 0. The fourth-order valence-electron chi connectivity index (χ4n) is 2.04. The Morgan fingerprint density at radius 2 is 2.20 bits per heavy atom. The van der Waals surface area contributed by atoms with Gasteiger partial charge in [-0.05, 0) is 47.0 Å². The second-order valence-electron chi connectivity index (χ2n) is 3.86. The molecule has 1 aromatic heterocycles. The van der Waals surface area contributed by atoms with E-state index >= 15 is 0 Å². The van der Waals surface area contributed by atoms with Crippen LogP contribution in [-0.4, -0.2) is 13.1 Å². The molecule has 0 bridgehead atoms. The smallest absolute Gasteiger partial charge is 0.0348 e. The molecule has 0 aliphatic carbocycles. The van der Waals surface area contributed by atoms with Gasteiger partial charge in [0.15, 0.2) is 0 Å². The average Bonchev–Trinajstić information content (AvgIpc) is 2.77. The minimum absolute atomic E-state index is 1.01.